The Morgan fingerprint density at radius 3 is 2.08 bits per heavy atom. The Labute approximate surface area is 70.0 Å². The first-order valence-corrected chi connectivity index (χ1v) is 3.42. The fraction of sp³-hybridized carbons (Fsp3) is 0.222. The number of hydrogen-bond donors (Lipinski definition) is 0. The summed E-state index contributed by atoms with van der Waals surface area (Å²) in [7, 11) is 1.48. The van der Waals surface area contributed by atoms with E-state index in [1.54, 1.807) is 0 Å². The minimum absolute atomic E-state index is 0.108. The molecule has 0 aliphatic rings. The van der Waals surface area contributed by atoms with Crippen molar-refractivity contribution in [1.29, 1.82) is 0 Å². The Bertz CT molecular complexity index is 248. The van der Waals surface area contributed by atoms with E-state index < -0.39 is 5.92 Å². The molecule has 0 aromatic heterocycles. The molecule has 0 bridgehead atoms. The highest BCUT2D eigenvalue weighted by atomic mass is 19.3. The van der Waals surface area contributed by atoms with Crippen molar-refractivity contribution in [3.63, 3.8) is 0 Å². The van der Waals surface area contributed by atoms with Gasteiger partial charge in [0.25, 0.3) is 5.92 Å². The SMILES string of the molecule is [CH2]C(F)(F)c1ccc(OC)cc1. The molecule has 0 aliphatic heterocycles. The molecule has 12 heavy (non-hydrogen) atoms. The number of rotatable bonds is 2. The van der Waals surface area contributed by atoms with Crippen molar-refractivity contribution >= 4 is 0 Å². The summed E-state index contributed by atoms with van der Waals surface area (Å²) in [6.07, 6.45) is 0. The highest BCUT2D eigenvalue weighted by molar-refractivity contribution is 5.30. The van der Waals surface area contributed by atoms with Gasteiger partial charge in [-0.15, -0.1) is 0 Å². The van der Waals surface area contributed by atoms with Crippen LogP contribution in [0.15, 0.2) is 24.3 Å². The van der Waals surface area contributed by atoms with E-state index in [1.807, 2.05) is 0 Å². The normalized spacial score (nSPS) is 11.3. The second kappa shape index (κ2) is 3.09. The number of hydrogen-bond acceptors (Lipinski definition) is 1. The lowest BCUT2D eigenvalue weighted by molar-refractivity contribution is 0.0486. The molecule has 0 N–H and O–H groups in total. The topological polar surface area (TPSA) is 9.23 Å². The first-order chi connectivity index (χ1) is 5.54. The molecule has 0 aliphatic carbocycles. The van der Waals surface area contributed by atoms with Crippen LogP contribution in [-0.4, -0.2) is 7.11 Å². The van der Waals surface area contributed by atoms with Gasteiger partial charge in [0, 0.05) is 12.5 Å². The van der Waals surface area contributed by atoms with Gasteiger partial charge in [-0.3, -0.25) is 0 Å². The van der Waals surface area contributed by atoms with Gasteiger partial charge in [-0.1, -0.05) is 0 Å². The number of alkyl halides is 2. The van der Waals surface area contributed by atoms with Crippen molar-refractivity contribution in [1.82, 2.24) is 0 Å². The van der Waals surface area contributed by atoms with Crippen molar-refractivity contribution in [3.05, 3.63) is 36.8 Å². The zero-order valence-electron chi connectivity index (χ0n) is 6.68. The van der Waals surface area contributed by atoms with E-state index in [9.17, 15) is 8.78 Å². The van der Waals surface area contributed by atoms with Gasteiger partial charge in [0.15, 0.2) is 0 Å². The molecule has 0 atom stereocenters. The molecule has 0 saturated carbocycles. The summed E-state index contributed by atoms with van der Waals surface area (Å²) in [5.74, 6) is -2.46. The Morgan fingerprint density at radius 2 is 1.75 bits per heavy atom. The Morgan fingerprint density at radius 1 is 1.25 bits per heavy atom. The Hall–Kier alpha value is -1.12. The number of methoxy groups -OCH3 is 1. The van der Waals surface area contributed by atoms with Crippen LogP contribution < -0.4 is 4.74 Å². The lowest BCUT2D eigenvalue weighted by Crippen LogP contribution is -2.06. The molecule has 65 valence electrons. The average molecular weight is 171 g/mol. The zero-order chi connectivity index (χ0) is 9.19. The van der Waals surface area contributed by atoms with E-state index in [-0.39, 0.29) is 5.56 Å². The molecule has 1 nitrogen and oxygen atoms in total. The van der Waals surface area contributed by atoms with E-state index in [0.29, 0.717) is 5.75 Å². The molecule has 1 aromatic carbocycles. The van der Waals surface area contributed by atoms with Crippen LogP contribution in [0.3, 0.4) is 0 Å². The minimum atomic E-state index is -3.02. The monoisotopic (exact) mass is 171 g/mol. The lowest BCUT2D eigenvalue weighted by Gasteiger charge is -2.10. The lowest BCUT2D eigenvalue weighted by atomic mass is 10.1. The maximum atomic E-state index is 12.5. The molecule has 1 radical (unpaired) electrons. The predicted octanol–water partition coefficient (Wildman–Crippen LogP) is 2.62. The third-order valence-corrected chi connectivity index (χ3v) is 1.51. The summed E-state index contributed by atoms with van der Waals surface area (Å²) in [5, 5.41) is 0. The molecule has 0 fully saturated rings. The van der Waals surface area contributed by atoms with Crippen molar-refractivity contribution < 1.29 is 13.5 Å². The zero-order valence-corrected chi connectivity index (χ0v) is 6.68. The fourth-order valence-electron chi connectivity index (χ4n) is 0.835. The average Bonchev–Trinajstić information content (AvgIpc) is 2.03. The van der Waals surface area contributed by atoms with Gasteiger partial charge in [-0.2, -0.15) is 0 Å². The molecule has 0 unspecified atom stereocenters. The van der Waals surface area contributed by atoms with Crippen molar-refractivity contribution in [2.24, 2.45) is 0 Å². The van der Waals surface area contributed by atoms with Gasteiger partial charge in [-0.25, -0.2) is 8.78 Å². The van der Waals surface area contributed by atoms with Crippen molar-refractivity contribution in [2.45, 2.75) is 5.92 Å². The first-order valence-electron chi connectivity index (χ1n) is 3.42. The molecular weight excluding hydrogens is 162 g/mol. The predicted molar refractivity (Wildman–Crippen MR) is 42.2 cm³/mol. The van der Waals surface area contributed by atoms with E-state index >= 15 is 0 Å². The van der Waals surface area contributed by atoms with Gasteiger partial charge in [-0.05, 0) is 24.3 Å². The maximum Gasteiger partial charge on any atom is 0.273 e. The summed E-state index contributed by atoms with van der Waals surface area (Å²) in [6.45, 7) is 2.72. The standard InChI is InChI=1S/C9H9F2O/c1-9(10,11)7-3-5-8(12-2)6-4-7/h3-6H,1H2,2H3. The Balaban J connectivity index is 2.93. The van der Waals surface area contributed by atoms with Gasteiger partial charge in [0.2, 0.25) is 0 Å². The third kappa shape index (κ3) is 1.94. The van der Waals surface area contributed by atoms with E-state index in [1.165, 1.54) is 31.4 Å². The smallest absolute Gasteiger partial charge is 0.273 e. The summed E-state index contributed by atoms with van der Waals surface area (Å²) in [4.78, 5) is 0. The van der Waals surface area contributed by atoms with Crippen LogP contribution in [0.2, 0.25) is 0 Å². The van der Waals surface area contributed by atoms with Gasteiger partial charge < -0.3 is 4.74 Å². The largest absolute Gasteiger partial charge is 0.497 e. The van der Waals surface area contributed by atoms with E-state index in [4.69, 9.17) is 4.74 Å². The quantitative estimate of drug-likeness (QED) is 0.664. The molecule has 0 heterocycles. The summed E-state index contributed by atoms with van der Waals surface area (Å²) < 4.78 is 29.9. The number of halogens is 2. The highest BCUT2D eigenvalue weighted by Crippen LogP contribution is 2.27. The molecule has 1 rings (SSSR count). The second-order valence-corrected chi connectivity index (χ2v) is 2.43. The summed E-state index contributed by atoms with van der Waals surface area (Å²) in [6, 6.07) is 5.56. The maximum absolute atomic E-state index is 12.5. The van der Waals surface area contributed by atoms with E-state index in [0.717, 1.165) is 0 Å². The van der Waals surface area contributed by atoms with Gasteiger partial charge >= 0.3 is 0 Å². The van der Waals surface area contributed by atoms with Crippen LogP contribution in [0, 0.1) is 6.92 Å². The van der Waals surface area contributed by atoms with Crippen LogP contribution in [0.25, 0.3) is 0 Å². The van der Waals surface area contributed by atoms with E-state index in [2.05, 4.69) is 6.92 Å². The first kappa shape index (κ1) is 8.97. The summed E-state index contributed by atoms with van der Waals surface area (Å²) >= 11 is 0. The third-order valence-electron chi connectivity index (χ3n) is 1.51. The molecule has 0 amide bonds. The molecule has 0 spiro atoms. The molecule has 3 heteroatoms. The molecular formula is C9H9F2O. The van der Waals surface area contributed by atoms with Crippen LogP contribution in [0.5, 0.6) is 5.75 Å². The van der Waals surface area contributed by atoms with Crippen LogP contribution in [-0.2, 0) is 5.92 Å². The molecule has 1 aromatic rings. The van der Waals surface area contributed by atoms with Crippen LogP contribution >= 0.6 is 0 Å². The summed E-state index contributed by atoms with van der Waals surface area (Å²) in [5.41, 5.74) is -0.108. The van der Waals surface area contributed by atoms with Crippen LogP contribution in [0.1, 0.15) is 5.56 Å². The number of ether oxygens (including phenoxy) is 1. The number of benzene rings is 1. The second-order valence-electron chi connectivity index (χ2n) is 2.43. The Kier molecular flexibility index (Phi) is 2.31. The van der Waals surface area contributed by atoms with Crippen molar-refractivity contribution in [2.75, 3.05) is 7.11 Å². The van der Waals surface area contributed by atoms with Crippen molar-refractivity contribution in [3.8, 4) is 5.75 Å². The van der Waals surface area contributed by atoms with Gasteiger partial charge in [0.1, 0.15) is 5.75 Å². The fourth-order valence-corrected chi connectivity index (χ4v) is 0.835. The van der Waals surface area contributed by atoms with Crippen LogP contribution in [0.4, 0.5) is 8.78 Å². The highest BCUT2D eigenvalue weighted by Gasteiger charge is 2.23. The minimum Gasteiger partial charge on any atom is -0.497 e. The molecule has 0 saturated heterocycles. The van der Waals surface area contributed by atoms with Gasteiger partial charge in [0.05, 0.1) is 7.11 Å².